The van der Waals surface area contributed by atoms with Gasteiger partial charge in [0.2, 0.25) is 0 Å². The maximum absolute atomic E-state index is 6.22. The van der Waals surface area contributed by atoms with Crippen LogP contribution < -0.4 is 5.32 Å². The van der Waals surface area contributed by atoms with E-state index in [-0.39, 0.29) is 0 Å². The van der Waals surface area contributed by atoms with Crippen molar-refractivity contribution in [3.05, 3.63) is 33.8 Å². The minimum atomic E-state index is 0.470. The minimum Gasteiger partial charge on any atom is -0.310 e. The monoisotopic (exact) mass is 309 g/mol. The van der Waals surface area contributed by atoms with Crippen LogP contribution in [0, 0.1) is 13.8 Å². The SMILES string of the molecule is CCCCCCCCC(NCC)c1cc(C)c(Cl)cc1C. The second-order valence-corrected chi connectivity index (χ2v) is 6.53. The Balaban J connectivity index is 2.58. The van der Waals surface area contributed by atoms with Gasteiger partial charge in [-0.25, -0.2) is 0 Å². The topological polar surface area (TPSA) is 12.0 Å². The number of benzene rings is 1. The quantitative estimate of drug-likeness (QED) is 0.496. The summed E-state index contributed by atoms with van der Waals surface area (Å²) < 4.78 is 0. The maximum atomic E-state index is 6.22. The summed E-state index contributed by atoms with van der Waals surface area (Å²) in [6.07, 6.45) is 9.36. The van der Waals surface area contributed by atoms with E-state index in [1.807, 2.05) is 0 Å². The van der Waals surface area contributed by atoms with Gasteiger partial charge >= 0.3 is 0 Å². The molecule has 1 rings (SSSR count). The van der Waals surface area contributed by atoms with Gasteiger partial charge in [0, 0.05) is 11.1 Å². The van der Waals surface area contributed by atoms with Crippen molar-refractivity contribution >= 4 is 11.6 Å². The van der Waals surface area contributed by atoms with Gasteiger partial charge in [0.15, 0.2) is 0 Å². The Morgan fingerprint density at radius 3 is 2.29 bits per heavy atom. The van der Waals surface area contributed by atoms with Crippen LogP contribution in [-0.2, 0) is 0 Å². The first-order chi connectivity index (χ1) is 10.1. The molecule has 0 aromatic heterocycles. The standard InChI is InChI=1S/C19H32ClN/c1-5-7-8-9-10-11-12-19(21-6-2)17-13-16(4)18(20)14-15(17)3/h13-14,19,21H,5-12H2,1-4H3. The van der Waals surface area contributed by atoms with Gasteiger partial charge in [-0.2, -0.15) is 0 Å². The second kappa shape index (κ2) is 10.2. The molecule has 1 aromatic carbocycles. The van der Waals surface area contributed by atoms with Crippen molar-refractivity contribution in [3.63, 3.8) is 0 Å². The van der Waals surface area contributed by atoms with Crippen LogP contribution in [0.2, 0.25) is 5.02 Å². The number of unbranched alkanes of at least 4 members (excludes halogenated alkanes) is 5. The lowest BCUT2D eigenvalue weighted by atomic mass is 9.94. The fraction of sp³-hybridized carbons (Fsp3) is 0.684. The van der Waals surface area contributed by atoms with Gasteiger partial charge in [-0.15, -0.1) is 0 Å². The molecule has 0 aliphatic heterocycles. The molecule has 2 heteroatoms. The third-order valence-corrected chi connectivity index (χ3v) is 4.63. The highest BCUT2D eigenvalue weighted by atomic mass is 35.5. The Bertz CT molecular complexity index is 414. The zero-order chi connectivity index (χ0) is 15.7. The molecule has 0 fully saturated rings. The van der Waals surface area contributed by atoms with Crippen LogP contribution in [0.15, 0.2) is 12.1 Å². The van der Waals surface area contributed by atoms with Crippen LogP contribution in [0.25, 0.3) is 0 Å². The average molecular weight is 310 g/mol. The summed E-state index contributed by atoms with van der Waals surface area (Å²) in [7, 11) is 0. The summed E-state index contributed by atoms with van der Waals surface area (Å²) in [5.41, 5.74) is 3.91. The number of hydrogen-bond acceptors (Lipinski definition) is 1. The zero-order valence-corrected chi connectivity index (χ0v) is 15.0. The smallest absolute Gasteiger partial charge is 0.0438 e. The van der Waals surface area contributed by atoms with Crippen molar-refractivity contribution < 1.29 is 0 Å². The molecule has 1 nitrogen and oxygen atoms in total. The lowest BCUT2D eigenvalue weighted by Crippen LogP contribution is -2.21. The lowest BCUT2D eigenvalue weighted by Gasteiger charge is -2.21. The Morgan fingerprint density at radius 2 is 1.62 bits per heavy atom. The van der Waals surface area contributed by atoms with Crippen molar-refractivity contribution in [2.75, 3.05) is 6.54 Å². The Labute approximate surface area is 136 Å². The molecule has 1 atom stereocenters. The third-order valence-electron chi connectivity index (χ3n) is 4.22. The predicted octanol–water partition coefficient (Wildman–Crippen LogP) is 6.36. The first-order valence-corrected chi connectivity index (χ1v) is 8.98. The average Bonchev–Trinajstić information content (AvgIpc) is 2.45. The fourth-order valence-electron chi connectivity index (χ4n) is 2.92. The molecule has 0 aliphatic rings. The number of rotatable bonds is 10. The molecular weight excluding hydrogens is 278 g/mol. The maximum Gasteiger partial charge on any atom is 0.0438 e. The van der Waals surface area contributed by atoms with E-state index in [9.17, 15) is 0 Å². The van der Waals surface area contributed by atoms with Gasteiger partial charge in [-0.3, -0.25) is 0 Å². The van der Waals surface area contributed by atoms with Crippen LogP contribution in [-0.4, -0.2) is 6.54 Å². The van der Waals surface area contributed by atoms with E-state index in [2.05, 4.69) is 45.1 Å². The van der Waals surface area contributed by atoms with Crippen LogP contribution in [0.1, 0.15) is 81.5 Å². The summed E-state index contributed by atoms with van der Waals surface area (Å²) in [6.45, 7) is 9.74. The molecule has 0 bridgehead atoms. The van der Waals surface area contributed by atoms with Crippen molar-refractivity contribution in [1.29, 1.82) is 0 Å². The van der Waals surface area contributed by atoms with E-state index in [1.54, 1.807) is 0 Å². The summed E-state index contributed by atoms with van der Waals surface area (Å²) in [5, 5.41) is 4.53. The van der Waals surface area contributed by atoms with Crippen LogP contribution in [0.5, 0.6) is 0 Å². The van der Waals surface area contributed by atoms with E-state index in [1.165, 1.54) is 61.6 Å². The number of aryl methyl sites for hydroxylation is 2. The van der Waals surface area contributed by atoms with Gasteiger partial charge in [0.25, 0.3) is 0 Å². The zero-order valence-electron chi connectivity index (χ0n) is 14.3. The van der Waals surface area contributed by atoms with E-state index in [4.69, 9.17) is 11.6 Å². The fourth-order valence-corrected chi connectivity index (χ4v) is 3.14. The van der Waals surface area contributed by atoms with Crippen molar-refractivity contribution in [3.8, 4) is 0 Å². The highest BCUT2D eigenvalue weighted by Gasteiger charge is 2.14. The number of halogens is 1. The Hall–Kier alpha value is -0.530. The molecule has 1 aromatic rings. The summed E-state index contributed by atoms with van der Waals surface area (Å²) in [4.78, 5) is 0. The summed E-state index contributed by atoms with van der Waals surface area (Å²) in [6, 6.07) is 4.84. The van der Waals surface area contributed by atoms with E-state index >= 15 is 0 Å². The van der Waals surface area contributed by atoms with E-state index in [0.29, 0.717) is 6.04 Å². The molecule has 1 unspecified atom stereocenters. The number of hydrogen-bond donors (Lipinski definition) is 1. The molecule has 1 N–H and O–H groups in total. The molecule has 0 amide bonds. The van der Waals surface area contributed by atoms with Gasteiger partial charge in [0.1, 0.15) is 0 Å². The molecular formula is C19H32ClN. The van der Waals surface area contributed by atoms with Gasteiger partial charge in [0.05, 0.1) is 0 Å². The van der Waals surface area contributed by atoms with Gasteiger partial charge < -0.3 is 5.32 Å². The van der Waals surface area contributed by atoms with E-state index in [0.717, 1.165) is 11.6 Å². The molecule has 21 heavy (non-hydrogen) atoms. The number of nitrogens with one attached hydrogen (secondary N) is 1. The third kappa shape index (κ3) is 6.40. The molecule has 120 valence electrons. The first kappa shape index (κ1) is 18.5. The molecule has 0 heterocycles. The van der Waals surface area contributed by atoms with Gasteiger partial charge in [-0.1, -0.05) is 70.0 Å². The molecule has 0 radical (unpaired) electrons. The highest BCUT2D eigenvalue weighted by Crippen LogP contribution is 2.28. The highest BCUT2D eigenvalue weighted by molar-refractivity contribution is 6.31. The lowest BCUT2D eigenvalue weighted by molar-refractivity contribution is 0.475. The molecule has 0 aliphatic carbocycles. The van der Waals surface area contributed by atoms with Gasteiger partial charge in [-0.05, 0) is 49.6 Å². The van der Waals surface area contributed by atoms with Crippen molar-refractivity contribution in [2.24, 2.45) is 0 Å². The largest absolute Gasteiger partial charge is 0.310 e. The molecule has 0 saturated heterocycles. The second-order valence-electron chi connectivity index (χ2n) is 6.12. The van der Waals surface area contributed by atoms with E-state index < -0.39 is 0 Å². The summed E-state index contributed by atoms with van der Waals surface area (Å²) in [5.74, 6) is 0. The Morgan fingerprint density at radius 1 is 0.952 bits per heavy atom. The van der Waals surface area contributed by atoms with Crippen LogP contribution >= 0.6 is 11.6 Å². The van der Waals surface area contributed by atoms with Crippen molar-refractivity contribution in [1.82, 2.24) is 5.32 Å². The van der Waals surface area contributed by atoms with Crippen LogP contribution in [0.3, 0.4) is 0 Å². The predicted molar refractivity (Wildman–Crippen MR) is 95.3 cm³/mol. The molecule has 0 spiro atoms. The summed E-state index contributed by atoms with van der Waals surface area (Å²) >= 11 is 6.22. The first-order valence-electron chi connectivity index (χ1n) is 8.60. The van der Waals surface area contributed by atoms with Crippen LogP contribution in [0.4, 0.5) is 0 Å². The molecule has 0 saturated carbocycles. The van der Waals surface area contributed by atoms with Crippen molar-refractivity contribution in [2.45, 2.75) is 78.7 Å². The normalized spacial score (nSPS) is 12.6. The Kier molecular flexibility index (Phi) is 9.03. The minimum absolute atomic E-state index is 0.470.